The zero-order valence-electron chi connectivity index (χ0n) is 13.1. The molecule has 118 valence electrons. The molecular formula is C15H24BrN3O2. The molecular weight excluding hydrogens is 334 g/mol. The van der Waals surface area contributed by atoms with Crippen molar-refractivity contribution in [1.29, 1.82) is 0 Å². The Morgan fingerprint density at radius 2 is 2.19 bits per heavy atom. The molecule has 1 aliphatic heterocycles. The van der Waals surface area contributed by atoms with Gasteiger partial charge in [-0.2, -0.15) is 5.10 Å². The van der Waals surface area contributed by atoms with E-state index < -0.39 is 0 Å². The second kappa shape index (κ2) is 7.40. The number of aryl methyl sites for hydroxylation is 2. The number of halogens is 1. The lowest BCUT2D eigenvalue weighted by Crippen LogP contribution is -2.37. The van der Waals surface area contributed by atoms with E-state index in [0.717, 1.165) is 54.8 Å². The van der Waals surface area contributed by atoms with Crippen molar-refractivity contribution in [3.8, 4) is 0 Å². The molecule has 1 aliphatic rings. The minimum atomic E-state index is -0.109. The Hall–Kier alpha value is -0.880. The molecule has 0 aromatic carbocycles. The monoisotopic (exact) mass is 357 g/mol. The molecule has 0 aliphatic carbocycles. The molecule has 0 N–H and O–H groups in total. The summed E-state index contributed by atoms with van der Waals surface area (Å²) in [5.74, 6) is -0.0931. The number of ether oxygens (including phenoxy) is 1. The van der Waals surface area contributed by atoms with Crippen molar-refractivity contribution in [2.24, 2.45) is 0 Å². The highest BCUT2D eigenvalue weighted by molar-refractivity contribution is 9.10. The fourth-order valence-electron chi connectivity index (χ4n) is 2.88. The molecule has 1 fully saturated rings. The van der Waals surface area contributed by atoms with E-state index in [4.69, 9.17) is 4.74 Å². The third-order valence-electron chi connectivity index (χ3n) is 3.97. The van der Waals surface area contributed by atoms with Crippen LogP contribution in [0.5, 0.6) is 0 Å². The van der Waals surface area contributed by atoms with E-state index >= 15 is 0 Å². The maximum Gasteiger partial charge on any atom is 0.323 e. The Kier molecular flexibility index (Phi) is 5.81. The van der Waals surface area contributed by atoms with Crippen molar-refractivity contribution < 1.29 is 9.53 Å². The van der Waals surface area contributed by atoms with Gasteiger partial charge in [0.05, 0.1) is 22.5 Å². The zero-order chi connectivity index (χ0) is 15.4. The summed E-state index contributed by atoms with van der Waals surface area (Å²) in [6.07, 6.45) is 2.83. The minimum Gasteiger partial charge on any atom is -0.465 e. The van der Waals surface area contributed by atoms with Crippen LogP contribution in [0.3, 0.4) is 0 Å². The van der Waals surface area contributed by atoms with Crippen LogP contribution >= 0.6 is 15.9 Å². The predicted octanol–water partition coefficient (Wildman–Crippen LogP) is 2.76. The van der Waals surface area contributed by atoms with Gasteiger partial charge in [0.2, 0.25) is 0 Å². The summed E-state index contributed by atoms with van der Waals surface area (Å²) in [4.78, 5) is 14.3. The molecule has 2 heterocycles. The number of hydrogen-bond acceptors (Lipinski definition) is 4. The maximum absolute atomic E-state index is 12.0. The van der Waals surface area contributed by atoms with Crippen molar-refractivity contribution >= 4 is 21.9 Å². The Labute approximate surface area is 134 Å². The van der Waals surface area contributed by atoms with Crippen LogP contribution in [0.4, 0.5) is 0 Å². The van der Waals surface area contributed by atoms with E-state index in [1.165, 1.54) is 0 Å². The Balaban J connectivity index is 2.17. The molecule has 0 radical (unpaired) electrons. The number of carbonyl (C=O) groups is 1. The molecule has 0 amide bonds. The smallest absolute Gasteiger partial charge is 0.323 e. The van der Waals surface area contributed by atoms with E-state index in [0.29, 0.717) is 6.61 Å². The zero-order valence-corrected chi connectivity index (χ0v) is 14.6. The molecule has 0 spiro atoms. The summed E-state index contributed by atoms with van der Waals surface area (Å²) >= 11 is 3.67. The average molecular weight is 358 g/mol. The summed E-state index contributed by atoms with van der Waals surface area (Å²) in [5.41, 5.74) is 2.24. The maximum atomic E-state index is 12.0. The molecule has 21 heavy (non-hydrogen) atoms. The second-order valence-corrected chi connectivity index (χ2v) is 6.05. The fourth-order valence-corrected chi connectivity index (χ4v) is 3.57. The number of likely N-dealkylation sites (tertiary alicyclic amines) is 1. The van der Waals surface area contributed by atoms with Gasteiger partial charge in [0.25, 0.3) is 0 Å². The summed E-state index contributed by atoms with van der Waals surface area (Å²) < 4.78 is 8.31. The molecule has 1 atom stereocenters. The van der Waals surface area contributed by atoms with Crippen LogP contribution in [0.1, 0.15) is 45.0 Å². The first-order chi connectivity index (χ1) is 10.1. The number of esters is 1. The summed E-state index contributed by atoms with van der Waals surface area (Å²) in [6, 6.07) is -0.109. The molecule has 1 aromatic rings. The van der Waals surface area contributed by atoms with E-state index in [9.17, 15) is 4.79 Å². The fraction of sp³-hybridized carbons (Fsp3) is 0.733. The predicted molar refractivity (Wildman–Crippen MR) is 85.0 cm³/mol. The molecule has 6 heteroatoms. The standard InChI is InChI=1S/C15H24BrN3O2/c1-4-11-14(16)13(19(5-2)17-11)10-18-9-7-8-12(18)15(20)21-6-3/h12H,4-10H2,1-3H3. The molecule has 5 nitrogen and oxygen atoms in total. The van der Waals surface area contributed by atoms with E-state index in [2.05, 4.69) is 39.8 Å². The lowest BCUT2D eigenvalue weighted by Gasteiger charge is -2.23. The van der Waals surface area contributed by atoms with Gasteiger partial charge in [-0.3, -0.25) is 14.4 Å². The van der Waals surface area contributed by atoms with Gasteiger partial charge in [0.15, 0.2) is 0 Å². The largest absolute Gasteiger partial charge is 0.465 e. The number of rotatable bonds is 6. The van der Waals surface area contributed by atoms with Crippen LogP contribution in [-0.2, 0) is 29.0 Å². The van der Waals surface area contributed by atoms with Gasteiger partial charge in [-0.1, -0.05) is 6.92 Å². The first-order valence-corrected chi connectivity index (χ1v) is 8.56. The molecule has 0 bridgehead atoms. The van der Waals surface area contributed by atoms with Gasteiger partial charge in [-0.15, -0.1) is 0 Å². The molecule has 2 rings (SSSR count). The normalized spacial score (nSPS) is 19.1. The second-order valence-electron chi connectivity index (χ2n) is 5.26. The van der Waals surface area contributed by atoms with Crippen molar-refractivity contribution in [3.05, 3.63) is 15.9 Å². The van der Waals surface area contributed by atoms with Gasteiger partial charge in [0, 0.05) is 13.1 Å². The first-order valence-electron chi connectivity index (χ1n) is 7.77. The van der Waals surface area contributed by atoms with Crippen LogP contribution < -0.4 is 0 Å². The lowest BCUT2D eigenvalue weighted by atomic mass is 10.2. The molecule has 1 aromatic heterocycles. The third kappa shape index (κ3) is 3.48. The van der Waals surface area contributed by atoms with Gasteiger partial charge >= 0.3 is 5.97 Å². The highest BCUT2D eigenvalue weighted by Crippen LogP contribution is 2.27. The van der Waals surface area contributed by atoms with Crippen molar-refractivity contribution in [2.45, 2.75) is 59.2 Å². The first kappa shape index (κ1) is 16.5. The molecule has 1 unspecified atom stereocenters. The Bertz CT molecular complexity index is 501. The summed E-state index contributed by atoms with van der Waals surface area (Å²) in [7, 11) is 0. The highest BCUT2D eigenvalue weighted by Gasteiger charge is 2.33. The third-order valence-corrected chi connectivity index (χ3v) is 4.88. The topological polar surface area (TPSA) is 47.4 Å². The van der Waals surface area contributed by atoms with Crippen LogP contribution in [-0.4, -0.2) is 39.8 Å². The van der Waals surface area contributed by atoms with Crippen molar-refractivity contribution in [3.63, 3.8) is 0 Å². The van der Waals surface area contributed by atoms with Gasteiger partial charge in [0.1, 0.15) is 6.04 Å². The minimum absolute atomic E-state index is 0.0931. The van der Waals surface area contributed by atoms with Crippen molar-refractivity contribution in [1.82, 2.24) is 14.7 Å². The van der Waals surface area contributed by atoms with Crippen molar-refractivity contribution in [2.75, 3.05) is 13.2 Å². The molecule has 1 saturated heterocycles. The van der Waals surface area contributed by atoms with Crippen LogP contribution in [0.2, 0.25) is 0 Å². The lowest BCUT2D eigenvalue weighted by molar-refractivity contribution is -0.148. The van der Waals surface area contributed by atoms with Gasteiger partial charge in [-0.25, -0.2) is 0 Å². The number of carbonyl (C=O) groups excluding carboxylic acids is 1. The number of nitrogens with zero attached hydrogens (tertiary/aromatic N) is 3. The summed E-state index contributed by atoms with van der Waals surface area (Å²) in [5, 5.41) is 4.62. The van der Waals surface area contributed by atoms with Gasteiger partial charge < -0.3 is 4.74 Å². The summed E-state index contributed by atoms with van der Waals surface area (Å²) in [6.45, 7) is 9.01. The number of hydrogen-bond donors (Lipinski definition) is 0. The Morgan fingerprint density at radius 3 is 2.81 bits per heavy atom. The quantitative estimate of drug-likeness (QED) is 0.734. The van der Waals surface area contributed by atoms with Crippen LogP contribution in [0.25, 0.3) is 0 Å². The molecule has 0 saturated carbocycles. The van der Waals surface area contributed by atoms with E-state index in [1.54, 1.807) is 0 Å². The Morgan fingerprint density at radius 1 is 1.43 bits per heavy atom. The van der Waals surface area contributed by atoms with E-state index in [1.807, 2.05) is 11.6 Å². The van der Waals surface area contributed by atoms with Gasteiger partial charge in [-0.05, 0) is 55.6 Å². The van der Waals surface area contributed by atoms with Crippen LogP contribution in [0.15, 0.2) is 4.47 Å². The average Bonchev–Trinajstić information content (AvgIpc) is 3.05. The SMILES string of the molecule is CCOC(=O)C1CCCN1Cc1c(Br)c(CC)nn1CC. The highest BCUT2D eigenvalue weighted by atomic mass is 79.9. The van der Waals surface area contributed by atoms with Crippen LogP contribution in [0, 0.1) is 0 Å². The van der Waals surface area contributed by atoms with E-state index in [-0.39, 0.29) is 12.0 Å². The number of aromatic nitrogens is 2.